The van der Waals surface area contributed by atoms with Gasteiger partial charge in [0, 0.05) is 6.16 Å². The molecule has 0 aromatic heterocycles. The molecule has 0 spiro atoms. The van der Waals surface area contributed by atoms with E-state index in [0.717, 1.165) is 36.0 Å². The number of benzene rings is 3. The molecule has 0 aliphatic heterocycles. The Morgan fingerprint density at radius 3 is 1.50 bits per heavy atom. The number of hydrogen-bond donors (Lipinski definition) is 2. The van der Waals surface area contributed by atoms with Crippen LogP contribution in [-0.2, 0) is 22.7 Å². The van der Waals surface area contributed by atoms with E-state index < -0.39 is 23.4 Å². The molecule has 58 heavy (non-hydrogen) atoms. The number of aliphatic hydroxyl groups excluding tert-OH is 1. The number of rotatable bonds is 16. The molecule has 0 bridgehead atoms. The number of hydrogen-bond acceptors (Lipinski definition) is 6. The van der Waals surface area contributed by atoms with Crippen molar-refractivity contribution in [3.8, 4) is 0 Å². The lowest BCUT2D eigenvalue weighted by atomic mass is 9.75. The van der Waals surface area contributed by atoms with E-state index in [-0.39, 0.29) is 30.9 Å². The van der Waals surface area contributed by atoms with Gasteiger partial charge in [-0.25, -0.2) is 0 Å². The molecule has 2 aliphatic rings. The molecule has 7 nitrogen and oxygen atoms in total. The molecule has 5 rings (SSSR count). The lowest BCUT2D eigenvalue weighted by molar-refractivity contribution is 0.0456. The van der Waals surface area contributed by atoms with Gasteiger partial charge in [-0.1, -0.05) is 170 Å². The second kappa shape index (κ2) is 27.1. The predicted molar refractivity (Wildman–Crippen MR) is 246 cm³/mol. The molecule has 2 N–H and O–H groups in total. The van der Waals surface area contributed by atoms with E-state index in [9.17, 15) is 18.8 Å². The van der Waals surface area contributed by atoms with Crippen molar-refractivity contribution in [2.75, 3.05) is 24.8 Å². The topological polar surface area (TPSA) is 110 Å². The van der Waals surface area contributed by atoms with Crippen molar-refractivity contribution >= 4 is 41.7 Å². The highest BCUT2D eigenvalue weighted by Gasteiger charge is 2.37. The Morgan fingerprint density at radius 1 is 0.655 bits per heavy atom. The molecule has 3 aromatic rings. The fraction of sp³-hybridized carbons (Fsp3) is 0.500. The highest BCUT2D eigenvalue weighted by atomic mass is 31.2. The second-order valence-electron chi connectivity index (χ2n) is 16.6. The zero-order valence-electron chi connectivity index (χ0n) is 35.6. The van der Waals surface area contributed by atoms with E-state index in [0.29, 0.717) is 41.7 Å². The zero-order valence-corrected chi connectivity index (χ0v) is 38.3. The van der Waals surface area contributed by atoms with Crippen LogP contribution in [0.2, 0.25) is 0 Å². The van der Waals surface area contributed by atoms with Crippen molar-refractivity contribution in [1.29, 1.82) is 0 Å². The molecule has 0 amide bonds. The van der Waals surface area contributed by atoms with Crippen molar-refractivity contribution in [3.05, 3.63) is 126 Å². The van der Waals surface area contributed by atoms with Gasteiger partial charge in [-0.2, -0.15) is 4.89 Å². The third kappa shape index (κ3) is 19.5. The largest absolute Gasteiger partial charge is 0.512 e. The van der Waals surface area contributed by atoms with Crippen molar-refractivity contribution in [3.63, 3.8) is 0 Å². The molecule has 2 aliphatic carbocycles. The van der Waals surface area contributed by atoms with Gasteiger partial charge in [-0.15, -0.1) is 4.52 Å². The predicted octanol–water partition coefficient (Wildman–Crippen LogP) is 13.8. The van der Waals surface area contributed by atoms with Crippen molar-refractivity contribution in [2.24, 2.45) is 35.5 Å². The molecule has 0 heterocycles. The van der Waals surface area contributed by atoms with Crippen LogP contribution in [0.3, 0.4) is 0 Å². The molecule has 10 heteroatoms. The van der Waals surface area contributed by atoms with E-state index >= 15 is 0 Å². The molecule has 0 saturated heterocycles. The Morgan fingerprint density at radius 2 is 1.07 bits per heavy atom. The number of aliphatic hydroxyl groups is 1. The smallest absolute Gasteiger partial charge is 0.386 e. The fourth-order valence-corrected chi connectivity index (χ4v) is 10.3. The highest BCUT2D eigenvalue weighted by molar-refractivity contribution is 7.58. The molecule has 2 fully saturated rings. The van der Waals surface area contributed by atoms with Crippen LogP contribution in [0.5, 0.6) is 0 Å². The first-order chi connectivity index (χ1) is 27.8. The van der Waals surface area contributed by atoms with Crippen LogP contribution in [0.1, 0.15) is 96.8 Å². The lowest BCUT2D eigenvalue weighted by Crippen LogP contribution is -2.34. The summed E-state index contributed by atoms with van der Waals surface area (Å²) in [5.74, 6) is 3.36. The van der Waals surface area contributed by atoms with Gasteiger partial charge >= 0.3 is 16.1 Å². The summed E-state index contributed by atoms with van der Waals surface area (Å²) in [6, 6.07) is 29.7. The van der Waals surface area contributed by atoms with Gasteiger partial charge in [-0.05, 0) is 99.2 Å². The first-order valence-electron chi connectivity index (χ1n) is 21.1. The standard InChI is InChI=1S/C20H31O3P.C19H28O2P.C9H9O2P/c1-16(2)19-12-11-17(3)14-20(19)23-24(22,15-21)13-7-10-18-8-5-4-6-9-18;1-15(2)18-12-11-16(3)14-19(18)21-22(20)13-7-10-17-8-5-4-6-9-17;10-12(11)8-4-7-9-5-2-1-3-6-9/h4-10,16-17,19-21H,11-15H2,1-3H3;4-10,15-16,18-19H,11-14H2,1-3H3;1-7H,8H2/q;+1;/p+1/b2*10-7+;7-4+/t17-,19+,20-,24+;16-,18+,19-;/m11./s1. The molecular formula is C48H69O7P3+2. The third-order valence-corrected chi connectivity index (χ3v) is 14.3. The average Bonchev–Trinajstić information content (AvgIpc) is 3.19. The van der Waals surface area contributed by atoms with Gasteiger partial charge in [0.2, 0.25) is 7.37 Å². The van der Waals surface area contributed by atoms with Crippen molar-refractivity contribution in [1.82, 2.24) is 0 Å². The zero-order chi connectivity index (χ0) is 42.3. The van der Waals surface area contributed by atoms with Crippen LogP contribution >= 0.6 is 23.4 Å². The summed E-state index contributed by atoms with van der Waals surface area (Å²) in [6.45, 7) is 13.4. The summed E-state index contributed by atoms with van der Waals surface area (Å²) in [5, 5.41) is 9.68. The minimum Gasteiger partial charge on any atom is -0.386 e. The van der Waals surface area contributed by atoms with E-state index in [4.69, 9.17) is 13.9 Å². The number of allylic oxidation sites excluding steroid dienone is 3. The maximum Gasteiger partial charge on any atom is 0.512 e. The second-order valence-corrected chi connectivity index (χ2v) is 21.4. The summed E-state index contributed by atoms with van der Waals surface area (Å²) < 4.78 is 47.5. The van der Waals surface area contributed by atoms with E-state index in [1.807, 2.05) is 121 Å². The Kier molecular flexibility index (Phi) is 23.1. The van der Waals surface area contributed by atoms with Crippen LogP contribution in [0.4, 0.5) is 0 Å². The van der Waals surface area contributed by atoms with Crippen LogP contribution in [0.25, 0.3) is 18.2 Å². The van der Waals surface area contributed by atoms with Crippen LogP contribution in [0.15, 0.2) is 109 Å². The molecule has 2 unspecified atom stereocenters. The van der Waals surface area contributed by atoms with Gasteiger partial charge in [0.1, 0.15) is 12.5 Å². The summed E-state index contributed by atoms with van der Waals surface area (Å²) in [4.78, 5) is 8.49. The van der Waals surface area contributed by atoms with Gasteiger partial charge < -0.3 is 9.63 Å². The highest BCUT2D eigenvalue weighted by Crippen LogP contribution is 2.51. The Balaban J connectivity index is 0.000000245. The Hall–Kier alpha value is -2.85. The van der Waals surface area contributed by atoms with E-state index in [1.165, 1.54) is 19.3 Å². The summed E-state index contributed by atoms with van der Waals surface area (Å²) >= 11 is 0. The maximum absolute atomic E-state index is 13.0. The Bertz CT molecular complexity index is 1740. The van der Waals surface area contributed by atoms with Crippen molar-refractivity contribution < 1.29 is 32.7 Å². The minimum atomic E-state index is -3.04. The van der Waals surface area contributed by atoms with Gasteiger partial charge in [0.05, 0.1) is 6.10 Å². The average molecular weight is 851 g/mol. The summed E-state index contributed by atoms with van der Waals surface area (Å²) in [6.07, 6.45) is 18.9. The normalized spacial score (nSPS) is 23.9. The maximum atomic E-state index is 13.0. The third-order valence-electron chi connectivity index (χ3n) is 10.9. The van der Waals surface area contributed by atoms with Gasteiger partial charge in [0.15, 0.2) is 12.3 Å². The summed E-state index contributed by atoms with van der Waals surface area (Å²) in [5.41, 5.74) is 3.25. The molecule has 316 valence electrons. The van der Waals surface area contributed by atoms with Crippen LogP contribution in [-0.4, -0.2) is 47.0 Å². The Labute approximate surface area is 351 Å². The molecule has 2 saturated carbocycles. The fourth-order valence-electron chi connectivity index (χ4n) is 7.64. The first kappa shape index (κ1) is 49.5. The monoisotopic (exact) mass is 850 g/mol. The molecular weight excluding hydrogens is 781 g/mol. The lowest BCUT2D eigenvalue weighted by Gasteiger charge is -2.38. The van der Waals surface area contributed by atoms with Crippen LogP contribution in [0, 0.1) is 35.5 Å². The molecule has 0 radical (unpaired) electrons. The van der Waals surface area contributed by atoms with Gasteiger partial charge in [0.25, 0.3) is 0 Å². The minimum absolute atomic E-state index is 0.00291. The van der Waals surface area contributed by atoms with Crippen LogP contribution < -0.4 is 0 Å². The van der Waals surface area contributed by atoms with E-state index in [1.54, 1.807) is 6.08 Å². The quantitative estimate of drug-likeness (QED) is 0.138. The molecule has 9 atom stereocenters. The van der Waals surface area contributed by atoms with Crippen molar-refractivity contribution in [2.45, 2.75) is 92.3 Å². The van der Waals surface area contributed by atoms with E-state index in [2.05, 4.69) is 41.5 Å². The first-order valence-corrected chi connectivity index (χ1v) is 25.8. The SMILES string of the molecule is CC(C)[C@@H]1CC[C@@H](C)C[C@H]1O[P+](=O)C/C=C/c1ccccc1.CC(C)[C@@H]1CC[C@@H](C)C[C@H]1O[P@](=O)(CO)C/C=C/c1ccccc1.O=[P+](O)C/C=C/c1ccccc1. The molecule has 3 aromatic carbocycles. The summed E-state index contributed by atoms with van der Waals surface area (Å²) in [7, 11) is -6.68. The van der Waals surface area contributed by atoms with Gasteiger partial charge in [-0.3, -0.25) is 4.57 Å².